The highest BCUT2D eigenvalue weighted by atomic mass is 35.5. The van der Waals surface area contributed by atoms with E-state index < -0.39 is 0 Å². The van der Waals surface area contributed by atoms with Crippen LogP contribution in [0.2, 0.25) is 10.0 Å². The molecular weight excluding hydrogens is 629 g/mol. The van der Waals surface area contributed by atoms with Gasteiger partial charge in [0.2, 0.25) is 0 Å². The number of aryl methyl sites for hydroxylation is 1. The fourth-order valence-corrected chi connectivity index (χ4v) is 8.56. The first-order valence-electron chi connectivity index (χ1n) is 15.8. The van der Waals surface area contributed by atoms with Crippen LogP contribution in [0.5, 0.6) is 11.5 Å². The number of hydrogen-bond acceptors (Lipinski definition) is 8. The van der Waals surface area contributed by atoms with Crippen molar-refractivity contribution in [3.05, 3.63) is 73.7 Å². The van der Waals surface area contributed by atoms with E-state index in [9.17, 15) is 4.79 Å². The third kappa shape index (κ3) is 6.30. The van der Waals surface area contributed by atoms with Crippen LogP contribution in [-0.4, -0.2) is 73.3 Å². The molecule has 11 heteroatoms. The average molecular weight is 669 g/mol. The van der Waals surface area contributed by atoms with Gasteiger partial charge in [-0.05, 0) is 73.6 Å². The Kier molecular flexibility index (Phi) is 8.74. The number of halogens is 2. The van der Waals surface area contributed by atoms with Gasteiger partial charge in [-0.25, -0.2) is 4.98 Å². The molecule has 0 unspecified atom stereocenters. The number of piperazine rings is 1. The number of rotatable bonds is 9. The van der Waals surface area contributed by atoms with E-state index in [0.29, 0.717) is 28.9 Å². The van der Waals surface area contributed by atoms with Gasteiger partial charge in [0.25, 0.3) is 5.91 Å². The third-order valence-corrected chi connectivity index (χ3v) is 11.0. The molecule has 3 aliphatic heterocycles. The summed E-state index contributed by atoms with van der Waals surface area (Å²) in [6, 6.07) is 10.4. The van der Waals surface area contributed by atoms with Crippen molar-refractivity contribution in [3.63, 3.8) is 0 Å². The molecule has 1 aliphatic carbocycles. The highest BCUT2D eigenvalue weighted by Gasteiger charge is 2.41. The van der Waals surface area contributed by atoms with E-state index in [0.717, 1.165) is 88.9 Å². The Morgan fingerprint density at radius 3 is 2.71 bits per heavy atom. The van der Waals surface area contributed by atoms with Gasteiger partial charge < -0.3 is 29.9 Å². The monoisotopic (exact) mass is 667 g/mol. The Balaban J connectivity index is 1.15. The zero-order valence-electron chi connectivity index (χ0n) is 25.9. The number of carbonyl (C=O) groups is 1. The molecule has 45 heavy (non-hydrogen) atoms. The number of benzene rings is 2. The minimum atomic E-state index is -0.0390. The maximum Gasteiger partial charge on any atom is 0.252 e. The van der Waals surface area contributed by atoms with Crippen LogP contribution >= 0.6 is 34.5 Å². The SMILES string of the molecule is COc1cccc(CN(C(=O)C2=C(c3cnc(N4CC[C@@H](Oc5c(Cl)cc(C)cc5Cl)C4)s3)C[C@@H]3CNC[C@H]2N3)C2CC2)c1C. The lowest BCUT2D eigenvalue weighted by Gasteiger charge is -2.40. The summed E-state index contributed by atoms with van der Waals surface area (Å²) in [5, 5.41) is 9.31. The molecule has 7 rings (SSSR count). The summed E-state index contributed by atoms with van der Waals surface area (Å²) in [4.78, 5) is 24.9. The molecule has 1 saturated carbocycles. The van der Waals surface area contributed by atoms with Gasteiger partial charge in [0.1, 0.15) is 11.9 Å². The summed E-state index contributed by atoms with van der Waals surface area (Å²) >= 11 is 14.6. The topological polar surface area (TPSA) is 79.0 Å². The molecule has 3 aromatic rings. The molecule has 1 amide bonds. The largest absolute Gasteiger partial charge is 0.496 e. The van der Waals surface area contributed by atoms with Crippen molar-refractivity contribution < 1.29 is 14.3 Å². The van der Waals surface area contributed by atoms with Gasteiger partial charge >= 0.3 is 0 Å². The zero-order chi connectivity index (χ0) is 31.2. The summed E-state index contributed by atoms with van der Waals surface area (Å²) in [6.07, 6.45) is 5.65. The fourth-order valence-electron chi connectivity index (χ4n) is 6.86. The molecule has 0 spiro atoms. The molecule has 2 N–H and O–H groups in total. The van der Waals surface area contributed by atoms with Crippen molar-refractivity contribution in [2.24, 2.45) is 0 Å². The number of carbonyl (C=O) groups excluding carboxylic acids is 1. The van der Waals surface area contributed by atoms with E-state index >= 15 is 0 Å². The minimum absolute atomic E-state index is 0.0354. The van der Waals surface area contributed by atoms with Crippen LogP contribution in [0.15, 0.2) is 42.1 Å². The number of anilines is 1. The summed E-state index contributed by atoms with van der Waals surface area (Å²) < 4.78 is 11.9. The number of hydrogen-bond donors (Lipinski definition) is 2. The quantitative estimate of drug-likeness (QED) is 0.289. The second kappa shape index (κ2) is 12.8. The summed E-state index contributed by atoms with van der Waals surface area (Å²) in [6.45, 7) is 7.76. The Morgan fingerprint density at radius 1 is 1.16 bits per heavy atom. The highest BCUT2D eigenvalue weighted by molar-refractivity contribution is 7.16. The lowest BCUT2D eigenvalue weighted by molar-refractivity contribution is -0.128. The van der Waals surface area contributed by atoms with Crippen molar-refractivity contribution in [1.29, 1.82) is 0 Å². The first-order valence-corrected chi connectivity index (χ1v) is 17.3. The average Bonchev–Trinajstić information content (AvgIpc) is 3.54. The van der Waals surface area contributed by atoms with Crippen LogP contribution in [-0.2, 0) is 11.3 Å². The van der Waals surface area contributed by atoms with Gasteiger partial charge in [-0.1, -0.05) is 46.7 Å². The highest BCUT2D eigenvalue weighted by Crippen LogP contribution is 2.41. The maximum atomic E-state index is 14.6. The van der Waals surface area contributed by atoms with Gasteiger partial charge in [0.05, 0.1) is 34.6 Å². The summed E-state index contributed by atoms with van der Waals surface area (Å²) in [5.74, 6) is 1.53. The van der Waals surface area contributed by atoms with Crippen molar-refractivity contribution in [2.75, 3.05) is 38.2 Å². The van der Waals surface area contributed by atoms with Crippen LogP contribution < -0.4 is 25.0 Å². The molecule has 1 aromatic heterocycles. The molecule has 8 nitrogen and oxygen atoms in total. The molecular formula is C34H39Cl2N5O3S. The lowest BCUT2D eigenvalue weighted by atomic mass is 9.86. The van der Waals surface area contributed by atoms with E-state index in [1.165, 1.54) is 0 Å². The maximum absolute atomic E-state index is 14.6. The van der Waals surface area contributed by atoms with E-state index in [1.807, 2.05) is 37.4 Å². The van der Waals surface area contributed by atoms with Gasteiger partial charge in [0, 0.05) is 56.5 Å². The second-order valence-electron chi connectivity index (χ2n) is 12.6. The van der Waals surface area contributed by atoms with Gasteiger partial charge in [-0.3, -0.25) is 4.79 Å². The van der Waals surface area contributed by atoms with Crippen molar-refractivity contribution in [1.82, 2.24) is 20.5 Å². The first kappa shape index (κ1) is 30.8. The number of fused-ring (bicyclic) bond motifs is 2. The molecule has 0 radical (unpaired) electrons. The molecule has 2 bridgehead atoms. The Bertz CT molecular complexity index is 1620. The minimum Gasteiger partial charge on any atom is -0.496 e. The van der Waals surface area contributed by atoms with Crippen molar-refractivity contribution in [3.8, 4) is 11.5 Å². The number of aromatic nitrogens is 1. The van der Waals surface area contributed by atoms with Crippen molar-refractivity contribution in [2.45, 2.75) is 70.3 Å². The number of amides is 1. The number of nitrogens with one attached hydrogen (secondary N) is 2. The first-order chi connectivity index (χ1) is 21.8. The van der Waals surface area contributed by atoms with Gasteiger partial charge in [0.15, 0.2) is 10.9 Å². The molecule has 2 aromatic carbocycles. The van der Waals surface area contributed by atoms with E-state index in [2.05, 4.69) is 33.4 Å². The van der Waals surface area contributed by atoms with E-state index in [1.54, 1.807) is 18.4 Å². The molecule has 4 aliphatic rings. The Hall–Kier alpha value is -2.82. The number of ether oxygens (including phenoxy) is 2. The Labute approximate surface area is 278 Å². The Morgan fingerprint density at radius 2 is 1.96 bits per heavy atom. The van der Waals surface area contributed by atoms with Crippen LogP contribution in [0.3, 0.4) is 0 Å². The second-order valence-corrected chi connectivity index (χ2v) is 14.4. The van der Waals surface area contributed by atoms with Crippen LogP contribution in [0, 0.1) is 13.8 Å². The molecule has 238 valence electrons. The zero-order valence-corrected chi connectivity index (χ0v) is 28.2. The fraction of sp³-hybridized carbons (Fsp3) is 0.471. The van der Waals surface area contributed by atoms with Crippen LogP contribution in [0.1, 0.15) is 47.3 Å². The molecule has 3 fully saturated rings. The lowest BCUT2D eigenvalue weighted by Crippen LogP contribution is -2.59. The number of thiazole rings is 1. The van der Waals surface area contributed by atoms with Gasteiger partial charge in [-0.15, -0.1) is 0 Å². The third-order valence-electron chi connectivity index (χ3n) is 9.37. The van der Waals surface area contributed by atoms with E-state index in [-0.39, 0.29) is 30.1 Å². The molecule has 2 saturated heterocycles. The van der Waals surface area contributed by atoms with E-state index in [4.69, 9.17) is 37.7 Å². The summed E-state index contributed by atoms with van der Waals surface area (Å²) in [7, 11) is 1.70. The molecule has 4 heterocycles. The summed E-state index contributed by atoms with van der Waals surface area (Å²) in [5.41, 5.74) is 5.23. The predicted octanol–water partition coefficient (Wildman–Crippen LogP) is 6.01. The van der Waals surface area contributed by atoms with Crippen molar-refractivity contribution >= 4 is 51.2 Å². The smallest absolute Gasteiger partial charge is 0.252 e. The molecule has 3 atom stereocenters. The van der Waals surface area contributed by atoms with Crippen LogP contribution in [0.4, 0.5) is 5.13 Å². The van der Waals surface area contributed by atoms with Crippen LogP contribution in [0.25, 0.3) is 5.57 Å². The standard InChI is InChI=1S/C34H39Cl2N5O3S/c1-19-11-26(35)32(27(36)12-19)44-24-9-10-40(18-24)34-38-16-30(45-34)25-13-22-14-37-15-28(39-22)31(25)33(42)41(23-7-8-23)17-21-5-4-6-29(43-3)20(21)2/h4-6,11-12,16,22-24,28,37,39H,7-10,13-15,17-18H2,1-3H3/t22-,24-,28-/m1/s1. The number of nitrogens with zero attached hydrogens (tertiary/aromatic N) is 3. The number of methoxy groups -OCH3 is 1. The predicted molar refractivity (Wildman–Crippen MR) is 181 cm³/mol. The normalized spacial score (nSPS) is 23.0. The van der Waals surface area contributed by atoms with Gasteiger partial charge in [-0.2, -0.15) is 0 Å².